The molecule has 0 spiro atoms. The normalized spacial score (nSPS) is 21.7. The van der Waals surface area contributed by atoms with Gasteiger partial charge < -0.3 is 5.32 Å². The van der Waals surface area contributed by atoms with Crippen molar-refractivity contribution in [2.75, 3.05) is 6.54 Å². The maximum Gasteiger partial charge on any atom is 0.0258 e. The molecule has 1 radical (unpaired) electrons. The van der Waals surface area contributed by atoms with Crippen molar-refractivity contribution in [3.05, 3.63) is 18.7 Å². The number of hydrogen-bond donors (Lipinski definition) is 1. The predicted octanol–water partition coefficient (Wildman–Crippen LogP) is 1.09. The zero-order chi connectivity index (χ0) is 4.95. The summed E-state index contributed by atoms with van der Waals surface area (Å²) in [5.41, 5.74) is 0. The Kier molecular flexibility index (Phi) is 1.94. The molecule has 39 valence electrons. The summed E-state index contributed by atoms with van der Waals surface area (Å²) in [4.78, 5) is 0. The van der Waals surface area contributed by atoms with Crippen molar-refractivity contribution in [3.63, 3.8) is 0 Å². The molecule has 0 saturated heterocycles. The standard InChI is InChI=1S/C6H10N/c1-2-4-6-7-5-3-1/h1-2,5,7H,3-4,6H2. The summed E-state index contributed by atoms with van der Waals surface area (Å²) in [5.74, 6) is 0. The van der Waals surface area contributed by atoms with Gasteiger partial charge in [-0.3, -0.25) is 0 Å². The quantitative estimate of drug-likeness (QED) is 0.445. The van der Waals surface area contributed by atoms with Gasteiger partial charge in [0.05, 0.1) is 0 Å². The summed E-state index contributed by atoms with van der Waals surface area (Å²) in [5, 5.41) is 3.16. The fourth-order valence-electron chi connectivity index (χ4n) is 0.634. The van der Waals surface area contributed by atoms with E-state index in [0.717, 1.165) is 13.0 Å². The molecule has 0 aliphatic carbocycles. The molecule has 1 aliphatic heterocycles. The van der Waals surface area contributed by atoms with Crippen molar-refractivity contribution in [1.29, 1.82) is 0 Å². The molecule has 0 amide bonds. The van der Waals surface area contributed by atoms with Crippen LogP contribution >= 0.6 is 0 Å². The van der Waals surface area contributed by atoms with E-state index in [0.29, 0.717) is 0 Å². The average molecular weight is 96.2 g/mol. The molecule has 7 heavy (non-hydrogen) atoms. The lowest BCUT2D eigenvalue weighted by atomic mass is 10.4. The van der Waals surface area contributed by atoms with Crippen LogP contribution < -0.4 is 5.32 Å². The Balaban J connectivity index is 2.20. The Bertz CT molecular complexity index is 58.6. The van der Waals surface area contributed by atoms with Gasteiger partial charge in [0, 0.05) is 6.54 Å². The molecule has 1 heteroatoms. The van der Waals surface area contributed by atoms with Gasteiger partial charge in [-0.25, -0.2) is 0 Å². The van der Waals surface area contributed by atoms with Crippen molar-refractivity contribution in [2.45, 2.75) is 12.8 Å². The maximum absolute atomic E-state index is 3.16. The van der Waals surface area contributed by atoms with Crippen molar-refractivity contribution < 1.29 is 0 Å². The molecule has 1 rings (SSSR count). The first-order valence-electron chi connectivity index (χ1n) is 2.70. The van der Waals surface area contributed by atoms with Crippen LogP contribution in [0.2, 0.25) is 0 Å². The van der Waals surface area contributed by atoms with E-state index in [-0.39, 0.29) is 0 Å². The van der Waals surface area contributed by atoms with Gasteiger partial charge in [0.15, 0.2) is 0 Å². The van der Waals surface area contributed by atoms with Gasteiger partial charge in [0.1, 0.15) is 0 Å². The molecule has 0 bridgehead atoms. The number of rotatable bonds is 0. The molecule has 0 atom stereocenters. The molecule has 0 fully saturated rings. The summed E-state index contributed by atoms with van der Waals surface area (Å²) in [6, 6.07) is 0. The minimum Gasteiger partial charge on any atom is -0.312 e. The Labute approximate surface area is 44.4 Å². The Morgan fingerprint density at radius 3 is 3.29 bits per heavy atom. The van der Waals surface area contributed by atoms with Crippen LogP contribution in [0.15, 0.2) is 12.2 Å². The van der Waals surface area contributed by atoms with E-state index >= 15 is 0 Å². The third kappa shape index (κ3) is 1.74. The van der Waals surface area contributed by atoms with E-state index in [1.165, 1.54) is 6.42 Å². The molecule has 0 saturated carbocycles. The second-order valence-corrected chi connectivity index (χ2v) is 1.65. The van der Waals surface area contributed by atoms with Gasteiger partial charge in [-0.15, -0.1) is 0 Å². The van der Waals surface area contributed by atoms with Crippen molar-refractivity contribution in [2.24, 2.45) is 0 Å². The minimum atomic E-state index is 1.08. The van der Waals surface area contributed by atoms with Crippen molar-refractivity contribution >= 4 is 0 Å². The first-order chi connectivity index (χ1) is 3.50. The highest BCUT2D eigenvalue weighted by molar-refractivity contribution is 4.89. The van der Waals surface area contributed by atoms with E-state index in [1.807, 2.05) is 0 Å². The highest BCUT2D eigenvalue weighted by Gasteiger charge is 1.87. The predicted molar refractivity (Wildman–Crippen MR) is 30.7 cm³/mol. The van der Waals surface area contributed by atoms with Gasteiger partial charge in [0.2, 0.25) is 0 Å². The largest absolute Gasteiger partial charge is 0.312 e. The molecule has 0 aromatic heterocycles. The first-order valence-corrected chi connectivity index (χ1v) is 2.70. The Morgan fingerprint density at radius 1 is 1.29 bits per heavy atom. The highest BCUT2D eigenvalue weighted by Crippen LogP contribution is 1.92. The van der Waals surface area contributed by atoms with E-state index in [2.05, 4.69) is 24.0 Å². The van der Waals surface area contributed by atoms with E-state index in [1.54, 1.807) is 0 Å². The first kappa shape index (κ1) is 4.85. The summed E-state index contributed by atoms with van der Waals surface area (Å²) in [6.45, 7) is 3.19. The molecule has 1 nitrogen and oxygen atoms in total. The molecular formula is C6H10N. The van der Waals surface area contributed by atoms with Crippen LogP contribution in [0.25, 0.3) is 0 Å². The highest BCUT2D eigenvalue weighted by atomic mass is 14.8. The van der Waals surface area contributed by atoms with Crippen LogP contribution in [-0.2, 0) is 0 Å². The molecule has 1 aliphatic rings. The molecule has 1 heterocycles. The second kappa shape index (κ2) is 2.80. The molecule has 0 aromatic carbocycles. The lowest BCUT2D eigenvalue weighted by Gasteiger charge is -1.91. The summed E-state index contributed by atoms with van der Waals surface area (Å²) >= 11 is 0. The maximum atomic E-state index is 3.16. The number of hydrogen-bond acceptors (Lipinski definition) is 1. The van der Waals surface area contributed by atoms with E-state index in [4.69, 9.17) is 0 Å². The van der Waals surface area contributed by atoms with Gasteiger partial charge in [-0.05, 0) is 19.4 Å². The lowest BCUT2D eigenvalue weighted by molar-refractivity contribution is 0.796. The smallest absolute Gasteiger partial charge is 0.0258 e. The fourth-order valence-corrected chi connectivity index (χ4v) is 0.634. The Hall–Kier alpha value is -0.300. The second-order valence-electron chi connectivity index (χ2n) is 1.65. The van der Waals surface area contributed by atoms with Gasteiger partial charge in [0.25, 0.3) is 0 Å². The number of nitrogens with one attached hydrogen (secondary N) is 1. The molecule has 1 N–H and O–H groups in total. The summed E-state index contributed by atoms with van der Waals surface area (Å²) in [6.07, 6.45) is 6.65. The van der Waals surface area contributed by atoms with E-state index in [9.17, 15) is 0 Å². The van der Waals surface area contributed by atoms with Crippen LogP contribution in [-0.4, -0.2) is 6.54 Å². The van der Waals surface area contributed by atoms with Crippen molar-refractivity contribution in [1.82, 2.24) is 5.32 Å². The summed E-state index contributed by atoms with van der Waals surface area (Å²) in [7, 11) is 0. The van der Waals surface area contributed by atoms with Gasteiger partial charge in [-0.1, -0.05) is 12.2 Å². The monoisotopic (exact) mass is 96.1 g/mol. The topological polar surface area (TPSA) is 12.0 Å². The summed E-state index contributed by atoms with van der Waals surface area (Å²) < 4.78 is 0. The molecule has 0 unspecified atom stereocenters. The lowest BCUT2D eigenvalue weighted by Crippen LogP contribution is -2.07. The van der Waals surface area contributed by atoms with Crippen LogP contribution in [0, 0.1) is 6.54 Å². The minimum absolute atomic E-state index is 1.08. The fraction of sp³-hybridized carbons (Fsp3) is 0.500. The van der Waals surface area contributed by atoms with Crippen LogP contribution in [0.4, 0.5) is 0 Å². The van der Waals surface area contributed by atoms with Gasteiger partial charge >= 0.3 is 0 Å². The average Bonchev–Trinajstić information content (AvgIpc) is 1.90. The van der Waals surface area contributed by atoms with Crippen LogP contribution in [0.3, 0.4) is 0 Å². The Morgan fingerprint density at radius 2 is 2.29 bits per heavy atom. The van der Waals surface area contributed by atoms with Gasteiger partial charge in [-0.2, -0.15) is 0 Å². The third-order valence-corrected chi connectivity index (χ3v) is 1.02. The zero-order valence-corrected chi connectivity index (χ0v) is 4.35. The van der Waals surface area contributed by atoms with Crippen LogP contribution in [0.1, 0.15) is 12.8 Å². The van der Waals surface area contributed by atoms with Crippen LogP contribution in [0.5, 0.6) is 0 Å². The SMILES string of the molecule is [CH]1CC=CCCN1. The molecule has 0 aromatic rings. The zero-order valence-electron chi connectivity index (χ0n) is 4.35. The van der Waals surface area contributed by atoms with Crippen molar-refractivity contribution in [3.8, 4) is 0 Å². The molecular weight excluding hydrogens is 86.1 g/mol. The third-order valence-electron chi connectivity index (χ3n) is 1.02. The van der Waals surface area contributed by atoms with E-state index < -0.39 is 0 Å².